The zero-order valence-electron chi connectivity index (χ0n) is 18.2. The monoisotopic (exact) mass is 470 g/mol. The van der Waals surface area contributed by atoms with Crippen molar-refractivity contribution in [3.8, 4) is 17.2 Å². The van der Waals surface area contributed by atoms with Crippen molar-refractivity contribution in [3.05, 3.63) is 82.9 Å². The molecule has 0 spiro atoms. The van der Waals surface area contributed by atoms with Gasteiger partial charge in [-0.05, 0) is 74.2 Å². The van der Waals surface area contributed by atoms with Crippen LogP contribution in [0.15, 0.2) is 71.6 Å². The van der Waals surface area contributed by atoms with E-state index in [1.165, 1.54) is 4.90 Å². The molecule has 3 rings (SSSR count). The van der Waals surface area contributed by atoms with Crippen LogP contribution in [0, 0.1) is 6.92 Å². The molecule has 1 unspecified atom stereocenters. The van der Waals surface area contributed by atoms with Crippen LogP contribution in [0.2, 0.25) is 5.02 Å². The number of hydrogen-bond donors (Lipinski definition) is 1. The van der Waals surface area contributed by atoms with Crippen LogP contribution in [0.3, 0.4) is 0 Å². The third-order valence-electron chi connectivity index (χ3n) is 4.92. The maximum Gasteiger partial charge on any atom is 0.303 e. The molecular formula is C26H27ClO4S. The highest BCUT2D eigenvalue weighted by molar-refractivity contribution is 7.99. The van der Waals surface area contributed by atoms with Gasteiger partial charge >= 0.3 is 5.97 Å². The van der Waals surface area contributed by atoms with Gasteiger partial charge in [-0.25, -0.2) is 0 Å². The Morgan fingerprint density at radius 1 is 1.06 bits per heavy atom. The summed E-state index contributed by atoms with van der Waals surface area (Å²) < 4.78 is 12.1. The molecule has 6 heteroatoms. The van der Waals surface area contributed by atoms with Gasteiger partial charge in [-0.15, -0.1) is 11.8 Å². The summed E-state index contributed by atoms with van der Waals surface area (Å²) in [6.07, 6.45) is 1.57. The average molecular weight is 471 g/mol. The third-order valence-corrected chi connectivity index (χ3v) is 6.18. The number of carboxylic acids is 1. The van der Waals surface area contributed by atoms with Crippen LogP contribution in [0.5, 0.6) is 17.2 Å². The molecular weight excluding hydrogens is 444 g/mol. The minimum Gasteiger partial charge on any atom is -0.487 e. The van der Waals surface area contributed by atoms with Crippen molar-refractivity contribution in [2.24, 2.45) is 0 Å². The van der Waals surface area contributed by atoms with E-state index < -0.39 is 5.97 Å². The molecule has 4 nitrogen and oxygen atoms in total. The summed E-state index contributed by atoms with van der Waals surface area (Å²) in [6.45, 7) is 4.07. The fourth-order valence-corrected chi connectivity index (χ4v) is 4.45. The molecule has 0 saturated heterocycles. The van der Waals surface area contributed by atoms with Crippen LogP contribution in [-0.4, -0.2) is 22.9 Å². The van der Waals surface area contributed by atoms with Gasteiger partial charge in [-0.2, -0.15) is 0 Å². The average Bonchev–Trinajstić information content (AvgIpc) is 2.76. The van der Waals surface area contributed by atoms with Crippen LogP contribution in [-0.2, 0) is 11.2 Å². The predicted octanol–water partition coefficient (Wildman–Crippen LogP) is 7.41. The van der Waals surface area contributed by atoms with Crippen molar-refractivity contribution in [2.75, 3.05) is 5.75 Å². The summed E-state index contributed by atoms with van der Waals surface area (Å²) in [5, 5.41) is 9.46. The van der Waals surface area contributed by atoms with Crippen LogP contribution in [0.1, 0.15) is 30.9 Å². The second-order valence-corrected chi connectivity index (χ2v) is 9.16. The zero-order chi connectivity index (χ0) is 22.9. The highest BCUT2D eigenvalue weighted by Crippen LogP contribution is 2.35. The molecule has 0 aliphatic rings. The number of hydrogen-bond acceptors (Lipinski definition) is 4. The van der Waals surface area contributed by atoms with Crippen molar-refractivity contribution < 1.29 is 19.4 Å². The Hall–Kier alpha value is -2.63. The first-order valence-electron chi connectivity index (χ1n) is 10.5. The number of para-hydroxylation sites is 1. The minimum absolute atomic E-state index is 0.00210. The number of benzene rings is 3. The Morgan fingerprint density at radius 2 is 1.84 bits per heavy atom. The van der Waals surface area contributed by atoms with Gasteiger partial charge < -0.3 is 14.6 Å². The molecule has 0 aliphatic carbocycles. The molecule has 0 aromatic heterocycles. The van der Waals surface area contributed by atoms with Gasteiger partial charge in [0, 0.05) is 28.2 Å². The van der Waals surface area contributed by atoms with E-state index >= 15 is 0 Å². The maximum atomic E-state index is 10.8. The van der Waals surface area contributed by atoms with Gasteiger partial charge in [0.2, 0.25) is 0 Å². The topological polar surface area (TPSA) is 55.8 Å². The number of ether oxygens (including phenoxy) is 2. The van der Waals surface area contributed by atoms with E-state index in [2.05, 4.69) is 12.1 Å². The largest absolute Gasteiger partial charge is 0.487 e. The highest BCUT2D eigenvalue weighted by atomic mass is 35.5. The quantitative estimate of drug-likeness (QED) is 0.296. The van der Waals surface area contributed by atoms with Crippen molar-refractivity contribution in [2.45, 2.75) is 44.1 Å². The van der Waals surface area contributed by atoms with E-state index in [4.69, 9.17) is 26.2 Å². The molecule has 0 aliphatic heterocycles. The summed E-state index contributed by atoms with van der Waals surface area (Å²) in [4.78, 5) is 12.0. The highest BCUT2D eigenvalue weighted by Gasteiger charge is 2.12. The van der Waals surface area contributed by atoms with Crippen LogP contribution < -0.4 is 9.47 Å². The number of halogens is 1. The summed E-state index contributed by atoms with van der Waals surface area (Å²) in [7, 11) is 0. The molecule has 3 aromatic carbocycles. The van der Waals surface area contributed by atoms with Crippen molar-refractivity contribution >= 4 is 29.3 Å². The van der Waals surface area contributed by atoms with E-state index in [0.29, 0.717) is 22.9 Å². The van der Waals surface area contributed by atoms with E-state index in [9.17, 15) is 4.79 Å². The Balaban J connectivity index is 1.53. The molecule has 0 bridgehead atoms. The summed E-state index contributed by atoms with van der Waals surface area (Å²) in [5.41, 5.74) is 2.21. The molecule has 0 heterocycles. The Labute approximate surface area is 198 Å². The second-order valence-electron chi connectivity index (χ2n) is 7.55. The number of aryl methyl sites for hydroxylation is 2. The number of thioether (sulfide) groups is 1. The SMILES string of the molecule is Cc1cc(SCCC(C)Oc2ccc(Cl)cc2Oc2ccccc2)ccc1CCC(=O)O. The standard InChI is InChI=1S/C26H27ClO4S/c1-18-16-23(11-8-20(18)9-13-26(28)29)32-15-14-19(2)30-24-12-10-21(27)17-25(24)31-22-6-4-3-5-7-22/h3-8,10-12,16-17,19H,9,13-15H2,1-2H3,(H,28,29). The van der Waals surface area contributed by atoms with Gasteiger partial charge in [-0.1, -0.05) is 35.9 Å². The molecule has 1 N–H and O–H groups in total. The fourth-order valence-electron chi connectivity index (χ4n) is 3.17. The Kier molecular flexibility index (Phi) is 8.89. The lowest BCUT2D eigenvalue weighted by atomic mass is 10.0. The molecule has 0 amide bonds. The second kappa shape index (κ2) is 11.8. The number of aliphatic carboxylic acids is 1. The van der Waals surface area contributed by atoms with Crippen LogP contribution in [0.25, 0.3) is 0 Å². The molecule has 0 saturated carbocycles. The van der Waals surface area contributed by atoms with Crippen LogP contribution in [0.4, 0.5) is 0 Å². The Morgan fingerprint density at radius 3 is 2.56 bits per heavy atom. The number of carbonyl (C=O) groups is 1. The molecule has 32 heavy (non-hydrogen) atoms. The first kappa shape index (κ1) is 24.0. The van der Waals surface area contributed by atoms with Crippen molar-refractivity contribution in [1.82, 2.24) is 0 Å². The first-order chi connectivity index (χ1) is 15.4. The minimum atomic E-state index is -0.769. The molecule has 168 valence electrons. The smallest absolute Gasteiger partial charge is 0.303 e. The molecule has 0 fully saturated rings. The first-order valence-corrected chi connectivity index (χ1v) is 11.9. The molecule has 1 atom stereocenters. The third kappa shape index (κ3) is 7.50. The zero-order valence-corrected chi connectivity index (χ0v) is 19.8. The van der Waals surface area contributed by atoms with Crippen molar-refractivity contribution in [1.29, 1.82) is 0 Å². The van der Waals surface area contributed by atoms with Crippen LogP contribution >= 0.6 is 23.4 Å². The van der Waals surface area contributed by atoms with Gasteiger partial charge in [0.1, 0.15) is 5.75 Å². The predicted molar refractivity (Wildman–Crippen MR) is 131 cm³/mol. The molecule has 0 radical (unpaired) electrons. The van der Waals surface area contributed by atoms with Gasteiger partial charge in [0.15, 0.2) is 11.5 Å². The van der Waals surface area contributed by atoms with E-state index in [1.54, 1.807) is 23.9 Å². The molecule has 3 aromatic rings. The fraction of sp³-hybridized carbons (Fsp3) is 0.269. The van der Waals surface area contributed by atoms with E-state index in [1.807, 2.05) is 56.3 Å². The number of carboxylic acid groups (broad SMARTS) is 1. The van der Waals surface area contributed by atoms with E-state index in [-0.39, 0.29) is 12.5 Å². The maximum absolute atomic E-state index is 10.8. The Bertz CT molecular complexity index is 1040. The van der Waals surface area contributed by atoms with Crippen molar-refractivity contribution in [3.63, 3.8) is 0 Å². The normalized spacial score (nSPS) is 11.7. The lowest BCUT2D eigenvalue weighted by Crippen LogP contribution is -2.13. The number of rotatable bonds is 11. The lowest BCUT2D eigenvalue weighted by Gasteiger charge is -2.18. The van der Waals surface area contributed by atoms with Gasteiger partial charge in [-0.3, -0.25) is 4.79 Å². The van der Waals surface area contributed by atoms with Gasteiger partial charge in [0.25, 0.3) is 0 Å². The summed E-state index contributed by atoms with van der Waals surface area (Å²) >= 11 is 7.93. The summed E-state index contributed by atoms with van der Waals surface area (Å²) in [5.74, 6) is 2.11. The lowest BCUT2D eigenvalue weighted by molar-refractivity contribution is -0.136. The van der Waals surface area contributed by atoms with E-state index in [0.717, 1.165) is 29.1 Å². The van der Waals surface area contributed by atoms with Gasteiger partial charge in [0.05, 0.1) is 6.10 Å². The summed E-state index contributed by atoms with van der Waals surface area (Å²) in [6, 6.07) is 21.2.